The van der Waals surface area contributed by atoms with Crippen molar-refractivity contribution in [2.75, 3.05) is 5.32 Å². The number of nitrogens with zero attached hydrogens (tertiary/aromatic N) is 2. The third-order valence-electron chi connectivity index (χ3n) is 3.26. The first-order valence-corrected chi connectivity index (χ1v) is 7.36. The highest BCUT2D eigenvalue weighted by atomic mass is 79.9. The average molecular weight is 344 g/mol. The Morgan fingerprint density at radius 1 is 1.29 bits per heavy atom. The van der Waals surface area contributed by atoms with Crippen molar-refractivity contribution in [1.29, 1.82) is 0 Å². The molecule has 0 unspecified atom stereocenters. The predicted molar refractivity (Wildman–Crippen MR) is 86.8 cm³/mol. The number of carbonyl (C=O) groups is 1. The van der Waals surface area contributed by atoms with Gasteiger partial charge in [0.15, 0.2) is 0 Å². The third-order valence-corrected chi connectivity index (χ3v) is 4.15. The molecule has 21 heavy (non-hydrogen) atoms. The van der Waals surface area contributed by atoms with Crippen molar-refractivity contribution < 1.29 is 4.79 Å². The van der Waals surface area contributed by atoms with Crippen LogP contribution >= 0.6 is 15.9 Å². The van der Waals surface area contributed by atoms with Gasteiger partial charge in [0.05, 0.1) is 11.3 Å². The molecule has 4 nitrogen and oxygen atoms in total. The molecule has 2 heterocycles. The molecular formula is C16H14BrN3O. The molecule has 0 aliphatic heterocycles. The summed E-state index contributed by atoms with van der Waals surface area (Å²) < 4.78 is 2.88. The summed E-state index contributed by atoms with van der Waals surface area (Å²) in [5.74, 6) is -0.159. The molecule has 106 valence electrons. The van der Waals surface area contributed by atoms with E-state index in [2.05, 4.69) is 26.2 Å². The predicted octanol–water partition coefficient (Wildman–Crippen LogP) is 3.97. The third kappa shape index (κ3) is 2.69. The minimum absolute atomic E-state index is 0.159. The van der Waals surface area contributed by atoms with Crippen LogP contribution in [0.25, 0.3) is 5.65 Å². The highest BCUT2D eigenvalue weighted by Crippen LogP contribution is 2.21. The quantitative estimate of drug-likeness (QED) is 0.765. The van der Waals surface area contributed by atoms with Gasteiger partial charge >= 0.3 is 0 Å². The molecule has 3 aromatic rings. The van der Waals surface area contributed by atoms with Crippen molar-refractivity contribution in [3.63, 3.8) is 0 Å². The fourth-order valence-corrected chi connectivity index (χ4v) is 2.48. The minimum atomic E-state index is -0.159. The highest BCUT2D eigenvalue weighted by molar-refractivity contribution is 9.10. The number of hydrogen-bond acceptors (Lipinski definition) is 2. The van der Waals surface area contributed by atoms with E-state index in [0.29, 0.717) is 11.2 Å². The summed E-state index contributed by atoms with van der Waals surface area (Å²) in [5.41, 5.74) is 3.95. The van der Waals surface area contributed by atoms with Crippen LogP contribution in [0.5, 0.6) is 0 Å². The van der Waals surface area contributed by atoms with E-state index in [1.54, 1.807) is 6.07 Å². The van der Waals surface area contributed by atoms with Gasteiger partial charge in [-0.3, -0.25) is 4.79 Å². The number of rotatable bonds is 2. The molecule has 0 radical (unpaired) electrons. The first-order chi connectivity index (χ1) is 10.0. The van der Waals surface area contributed by atoms with Gasteiger partial charge in [0.2, 0.25) is 0 Å². The van der Waals surface area contributed by atoms with Crippen molar-refractivity contribution in [2.45, 2.75) is 13.8 Å². The van der Waals surface area contributed by atoms with Gasteiger partial charge in [-0.25, -0.2) is 4.98 Å². The molecule has 1 N–H and O–H groups in total. The second kappa shape index (κ2) is 5.33. The van der Waals surface area contributed by atoms with Crippen LogP contribution in [0.15, 0.2) is 47.2 Å². The number of amides is 1. The second-order valence-electron chi connectivity index (χ2n) is 4.95. The lowest BCUT2D eigenvalue weighted by molar-refractivity contribution is 0.102. The number of hydrogen-bond donors (Lipinski definition) is 1. The Bertz CT molecular complexity index is 839. The smallest absolute Gasteiger partial charge is 0.259 e. The Kier molecular flexibility index (Phi) is 3.51. The van der Waals surface area contributed by atoms with Crippen LogP contribution in [0.1, 0.15) is 21.6 Å². The summed E-state index contributed by atoms with van der Waals surface area (Å²) in [6, 6.07) is 9.34. The van der Waals surface area contributed by atoms with E-state index in [4.69, 9.17) is 0 Å². The van der Waals surface area contributed by atoms with E-state index < -0.39 is 0 Å². The molecule has 0 saturated carbocycles. The van der Waals surface area contributed by atoms with E-state index in [-0.39, 0.29) is 5.91 Å². The van der Waals surface area contributed by atoms with Crippen molar-refractivity contribution in [2.24, 2.45) is 0 Å². The van der Waals surface area contributed by atoms with Crippen molar-refractivity contribution in [1.82, 2.24) is 9.38 Å². The van der Waals surface area contributed by atoms with Gasteiger partial charge in [-0.2, -0.15) is 0 Å². The van der Waals surface area contributed by atoms with Crippen LogP contribution in [-0.4, -0.2) is 15.3 Å². The summed E-state index contributed by atoms with van der Waals surface area (Å²) >= 11 is 3.45. The zero-order valence-electron chi connectivity index (χ0n) is 11.7. The van der Waals surface area contributed by atoms with Crippen LogP contribution in [0.4, 0.5) is 5.69 Å². The number of fused-ring (bicyclic) bond motifs is 1. The maximum atomic E-state index is 12.5. The zero-order valence-corrected chi connectivity index (χ0v) is 13.3. The summed E-state index contributed by atoms with van der Waals surface area (Å²) in [7, 11) is 0. The SMILES string of the molecule is Cc1cn2cccc(C(=O)Nc3ccc(Br)c(C)c3)c2n1. The van der Waals surface area contributed by atoms with Crippen LogP contribution in [0.2, 0.25) is 0 Å². The number of carbonyl (C=O) groups excluding carboxylic acids is 1. The molecule has 1 amide bonds. The fraction of sp³-hybridized carbons (Fsp3) is 0.125. The number of pyridine rings is 1. The number of aryl methyl sites for hydroxylation is 2. The van der Waals surface area contributed by atoms with Crippen molar-refractivity contribution in [3.8, 4) is 0 Å². The first-order valence-electron chi connectivity index (χ1n) is 6.56. The first kappa shape index (κ1) is 13.8. The normalized spacial score (nSPS) is 10.8. The van der Waals surface area contributed by atoms with Gasteiger partial charge in [0.25, 0.3) is 5.91 Å². The molecule has 2 aromatic heterocycles. The minimum Gasteiger partial charge on any atom is -0.322 e. The largest absolute Gasteiger partial charge is 0.322 e. The summed E-state index contributed by atoms with van der Waals surface area (Å²) in [5, 5.41) is 2.91. The average Bonchev–Trinajstić information content (AvgIpc) is 2.82. The van der Waals surface area contributed by atoms with Crippen LogP contribution in [-0.2, 0) is 0 Å². The molecule has 1 aromatic carbocycles. The Morgan fingerprint density at radius 3 is 2.86 bits per heavy atom. The van der Waals surface area contributed by atoms with Gasteiger partial charge in [0.1, 0.15) is 5.65 Å². The van der Waals surface area contributed by atoms with Gasteiger partial charge in [-0.05, 0) is 49.7 Å². The molecule has 0 aliphatic rings. The van der Waals surface area contributed by atoms with Gasteiger partial charge in [-0.15, -0.1) is 0 Å². The molecule has 0 saturated heterocycles. The van der Waals surface area contributed by atoms with E-state index >= 15 is 0 Å². The summed E-state index contributed by atoms with van der Waals surface area (Å²) in [6.45, 7) is 3.89. The Balaban J connectivity index is 1.95. The number of aromatic nitrogens is 2. The molecule has 0 spiro atoms. The monoisotopic (exact) mass is 343 g/mol. The van der Waals surface area contributed by atoms with E-state index in [0.717, 1.165) is 21.4 Å². The molecule has 0 bridgehead atoms. The van der Waals surface area contributed by atoms with Crippen LogP contribution in [0, 0.1) is 13.8 Å². The second-order valence-corrected chi connectivity index (χ2v) is 5.81. The molecular weight excluding hydrogens is 330 g/mol. The lowest BCUT2D eigenvalue weighted by atomic mass is 10.2. The number of imidazole rings is 1. The molecule has 0 aliphatic carbocycles. The standard InChI is InChI=1S/C16H14BrN3O/c1-10-8-12(5-6-14(10)17)19-16(21)13-4-3-7-20-9-11(2)18-15(13)20/h3-9H,1-2H3,(H,19,21). The molecule has 0 fully saturated rings. The molecule has 5 heteroatoms. The van der Waals surface area contributed by atoms with E-state index in [1.165, 1.54) is 0 Å². The van der Waals surface area contributed by atoms with E-state index in [1.807, 2.05) is 54.9 Å². The number of anilines is 1. The zero-order chi connectivity index (χ0) is 15.0. The van der Waals surface area contributed by atoms with Gasteiger partial charge in [-0.1, -0.05) is 15.9 Å². The van der Waals surface area contributed by atoms with Crippen LogP contribution < -0.4 is 5.32 Å². The Labute approximate surface area is 131 Å². The lowest BCUT2D eigenvalue weighted by Crippen LogP contribution is -2.13. The Morgan fingerprint density at radius 2 is 2.10 bits per heavy atom. The summed E-state index contributed by atoms with van der Waals surface area (Å²) in [6.07, 6.45) is 3.78. The van der Waals surface area contributed by atoms with E-state index in [9.17, 15) is 4.79 Å². The van der Waals surface area contributed by atoms with Gasteiger partial charge in [0, 0.05) is 22.6 Å². The highest BCUT2D eigenvalue weighted by Gasteiger charge is 2.12. The summed E-state index contributed by atoms with van der Waals surface area (Å²) in [4.78, 5) is 16.9. The maximum absolute atomic E-state index is 12.5. The number of benzene rings is 1. The molecule has 0 atom stereocenters. The Hall–Kier alpha value is -2.14. The fourth-order valence-electron chi connectivity index (χ4n) is 2.23. The van der Waals surface area contributed by atoms with Crippen molar-refractivity contribution in [3.05, 3.63) is 64.0 Å². The molecule has 3 rings (SSSR count). The number of nitrogens with one attached hydrogen (secondary N) is 1. The van der Waals surface area contributed by atoms with Crippen molar-refractivity contribution >= 4 is 33.2 Å². The number of halogens is 1. The maximum Gasteiger partial charge on any atom is 0.259 e. The lowest BCUT2D eigenvalue weighted by Gasteiger charge is -2.08. The van der Waals surface area contributed by atoms with Gasteiger partial charge < -0.3 is 9.72 Å². The topological polar surface area (TPSA) is 46.4 Å². The van der Waals surface area contributed by atoms with Crippen LogP contribution in [0.3, 0.4) is 0 Å².